The molecule has 0 saturated carbocycles. The molecule has 0 aliphatic carbocycles. The molecule has 0 bridgehead atoms. The van der Waals surface area contributed by atoms with Crippen molar-refractivity contribution in [3.05, 3.63) is 0 Å². The molecule has 1 aliphatic rings. The Balaban J connectivity index is 2.53. The van der Waals surface area contributed by atoms with Crippen molar-refractivity contribution in [2.45, 2.75) is 38.2 Å². The zero-order valence-electron chi connectivity index (χ0n) is 11.2. The fourth-order valence-electron chi connectivity index (χ4n) is 1.98. The molecule has 0 amide bonds. The number of nitrogens with zero attached hydrogens (tertiary/aromatic N) is 1. The largest absolute Gasteiger partial charge is 0.388 e. The van der Waals surface area contributed by atoms with Crippen LogP contribution in [0.15, 0.2) is 0 Å². The number of thioether (sulfide) groups is 1. The van der Waals surface area contributed by atoms with Gasteiger partial charge in [0.2, 0.25) is 0 Å². The molecule has 0 aromatic heterocycles. The summed E-state index contributed by atoms with van der Waals surface area (Å²) in [5, 5.41) is 9.97. The van der Waals surface area contributed by atoms with E-state index in [0.29, 0.717) is 18.8 Å². The molecule has 0 aromatic rings. The number of nitrogens with one attached hydrogen (secondary N) is 1. The summed E-state index contributed by atoms with van der Waals surface area (Å²) in [6.07, 6.45) is 5.91. The van der Waals surface area contributed by atoms with E-state index in [-0.39, 0.29) is 6.54 Å². The molecule has 1 atom stereocenters. The summed E-state index contributed by atoms with van der Waals surface area (Å²) >= 11 is 1.50. The van der Waals surface area contributed by atoms with Crippen LogP contribution in [-0.2, 0) is 10.2 Å². The third kappa shape index (κ3) is 5.44. The molecule has 108 valence electrons. The third-order valence-electron chi connectivity index (χ3n) is 3.00. The van der Waals surface area contributed by atoms with E-state index >= 15 is 0 Å². The first-order valence-corrected chi connectivity index (χ1v) is 9.17. The summed E-state index contributed by atoms with van der Waals surface area (Å²) in [6, 6.07) is 0. The van der Waals surface area contributed by atoms with Gasteiger partial charge >= 0.3 is 0 Å². The van der Waals surface area contributed by atoms with Gasteiger partial charge in [0.25, 0.3) is 10.2 Å². The Kier molecular flexibility index (Phi) is 6.40. The minimum atomic E-state index is -3.44. The summed E-state index contributed by atoms with van der Waals surface area (Å²) in [5.74, 6) is 0.509. The second-order valence-corrected chi connectivity index (χ2v) is 7.69. The molecule has 1 fully saturated rings. The predicted octanol–water partition coefficient (Wildman–Crippen LogP) is 0.811. The lowest BCUT2D eigenvalue weighted by Gasteiger charge is -2.26. The number of aliphatic hydroxyl groups is 1. The van der Waals surface area contributed by atoms with Gasteiger partial charge in [0.15, 0.2) is 0 Å². The van der Waals surface area contributed by atoms with Crippen molar-refractivity contribution in [2.75, 3.05) is 31.6 Å². The first-order valence-electron chi connectivity index (χ1n) is 6.33. The summed E-state index contributed by atoms with van der Waals surface area (Å²) in [5.41, 5.74) is -1.00. The average Bonchev–Trinajstić information content (AvgIpc) is 2.56. The molecule has 5 nitrogen and oxygen atoms in total. The Morgan fingerprint density at radius 2 is 1.83 bits per heavy atom. The van der Waals surface area contributed by atoms with E-state index in [4.69, 9.17) is 0 Å². The van der Waals surface area contributed by atoms with Crippen LogP contribution in [0.2, 0.25) is 0 Å². The van der Waals surface area contributed by atoms with Crippen LogP contribution in [0.3, 0.4) is 0 Å². The smallest absolute Gasteiger partial charge is 0.279 e. The summed E-state index contributed by atoms with van der Waals surface area (Å²) in [4.78, 5) is 0. The summed E-state index contributed by atoms with van der Waals surface area (Å²) in [7, 11) is -3.44. The Morgan fingerprint density at radius 3 is 2.33 bits per heavy atom. The van der Waals surface area contributed by atoms with Gasteiger partial charge in [-0.3, -0.25) is 0 Å². The minimum absolute atomic E-state index is 0.0622. The Morgan fingerprint density at radius 1 is 1.28 bits per heavy atom. The van der Waals surface area contributed by atoms with Crippen LogP contribution < -0.4 is 4.72 Å². The van der Waals surface area contributed by atoms with Crippen LogP contribution in [0, 0.1) is 0 Å². The number of rotatable bonds is 6. The molecule has 1 saturated heterocycles. The maximum Gasteiger partial charge on any atom is 0.279 e. The third-order valence-corrected chi connectivity index (χ3v) is 5.46. The summed E-state index contributed by atoms with van der Waals surface area (Å²) < 4.78 is 28.2. The van der Waals surface area contributed by atoms with E-state index in [2.05, 4.69) is 4.72 Å². The zero-order chi connectivity index (χ0) is 13.6. The molecule has 7 heteroatoms. The van der Waals surface area contributed by atoms with Crippen molar-refractivity contribution in [1.29, 1.82) is 0 Å². The lowest BCUT2D eigenvalue weighted by atomic mass is 10.1. The number of hydrogen-bond acceptors (Lipinski definition) is 4. The first kappa shape index (κ1) is 16.2. The van der Waals surface area contributed by atoms with E-state index < -0.39 is 15.8 Å². The van der Waals surface area contributed by atoms with E-state index in [1.807, 2.05) is 6.26 Å². The minimum Gasteiger partial charge on any atom is -0.388 e. The number of hydrogen-bond donors (Lipinski definition) is 2. The van der Waals surface area contributed by atoms with Crippen LogP contribution in [0.4, 0.5) is 0 Å². The Bertz CT molecular complexity index is 336. The maximum atomic E-state index is 12.1. The lowest BCUT2D eigenvalue weighted by Crippen LogP contribution is -2.48. The fraction of sp³-hybridized carbons (Fsp3) is 1.00. The first-order chi connectivity index (χ1) is 8.37. The molecular formula is C11H24N2O3S2. The predicted molar refractivity (Wildman–Crippen MR) is 76.0 cm³/mol. The van der Waals surface area contributed by atoms with Crippen molar-refractivity contribution < 1.29 is 13.5 Å². The molecule has 0 spiro atoms. The van der Waals surface area contributed by atoms with Gasteiger partial charge in [-0.05, 0) is 26.0 Å². The summed E-state index contributed by atoms with van der Waals surface area (Å²) in [6.45, 7) is 2.88. The second-order valence-electron chi connectivity index (χ2n) is 5.07. The normalized spacial score (nSPS) is 22.4. The molecule has 1 rings (SSSR count). The molecule has 0 aromatic carbocycles. The molecule has 2 N–H and O–H groups in total. The van der Waals surface area contributed by atoms with Crippen molar-refractivity contribution >= 4 is 22.0 Å². The molecule has 1 heterocycles. The van der Waals surface area contributed by atoms with E-state index in [1.165, 1.54) is 16.1 Å². The van der Waals surface area contributed by atoms with E-state index in [0.717, 1.165) is 25.7 Å². The van der Waals surface area contributed by atoms with Crippen LogP contribution >= 0.6 is 11.8 Å². The highest BCUT2D eigenvalue weighted by Gasteiger charge is 2.27. The molecule has 18 heavy (non-hydrogen) atoms. The maximum absolute atomic E-state index is 12.1. The van der Waals surface area contributed by atoms with Gasteiger partial charge in [-0.15, -0.1) is 0 Å². The van der Waals surface area contributed by atoms with Crippen LogP contribution in [0.1, 0.15) is 32.6 Å². The zero-order valence-corrected chi connectivity index (χ0v) is 12.8. The highest BCUT2D eigenvalue weighted by molar-refractivity contribution is 7.98. The van der Waals surface area contributed by atoms with Crippen LogP contribution in [-0.4, -0.2) is 55.1 Å². The highest BCUT2D eigenvalue weighted by Crippen LogP contribution is 2.14. The molecular weight excluding hydrogens is 272 g/mol. The average molecular weight is 296 g/mol. The van der Waals surface area contributed by atoms with E-state index in [9.17, 15) is 13.5 Å². The second kappa shape index (κ2) is 7.09. The van der Waals surface area contributed by atoms with Gasteiger partial charge in [-0.25, -0.2) is 0 Å². The van der Waals surface area contributed by atoms with Crippen LogP contribution in [0.5, 0.6) is 0 Å². The van der Waals surface area contributed by atoms with Crippen molar-refractivity contribution in [1.82, 2.24) is 9.03 Å². The van der Waals surface area contributed by atoms with Crippen LogP contribution in [0.25, 0.3) is 0 Å². The molecule has 1 aliphatic heterocycles. The highest BCUT2D eigenvalue weighted by atomic mass is 32.2. The van der Waals surface area contributed by atoms with Gasteiger partial charge in [0.05, 0.1) is 5.60 Å². The van der Waals surface area contributed by atoms with E-state index in [1.54, 1.807) is 6.92 Å². The molecule has 1 unspecified atom stereocenters. The van der Waals surface area contributed by atoms with Gasteiger partial charge in [0, 0.05) is 25.4 Å². The topological polar surface area (TPSA) is 69.6 Å². The van der Waals surface area contributed by atoms with Gasteiger partial charge in [0.1, 0.15) is 0 Å². The van der Waals surface area contributed by atoms with Crippen molar-refractivity contribution in [3.8, 4) is 0 Å². The quantitative estimate of drug-likeness (QED) is 0.761. The van der Waals surface area contributed by atoms with Gasteiger partial charge in [-0.1, -0.05) is 12.8 Å². The van der Waals surface area contributed by atoms with Gasteiger partial charge in [-0.2, -0.15) is 29.2 Å². The standard InChI is InChI=1S/C11H24N2O3S2/c1-11(14,10-17-2)9-12-18(15,16)13-7-5-3-4-6-8-13/h12,14H,3-10H2,1-2H3. The fourth-order valence-corrected chi connectivity index (χ4v) is 4.12. The monoisotopic (exact) mass is 296 g/mol. The molecule has 0 radical (unpaired) electrons. The Hall–Kier alpha value is 0.180. The Labute approximate surface area is 115 Å². The van der Waals surface area contributed by atoms with Crippen molar-refractivity contribution in [3.63, 3.8) is 0 Å². The SMILES string of the molecule is CSCC(C)(O)CNS(=O)(=O)N1CCCCCC1. The van der Waals surface area contributed by atoms with Crippen molar-refractivity contribution in [2.24, 2.45) is 0 Å². The lowest BCUT2D eigenvalue weighted by molar-refractivity contribution is 0.0903. The van der Waals surface area contributed by atoms with Gasteiger partial charge < -0.3 is 5.11 Å².